The number of carbonyl (C=O) groups is 1. The van der Waals surface area contributed by atoms with Gasteiger partial charge in [-0.1, -0.05) is 5.16 Å². The maximum Gasteiger partial charge on any atom is 0.292 e. The number of carbonyl (C=O) groups excluding carboxylic acids is 1. The minimum Gasteiger partial charge on any atom is -0.346 e. The summed E-state index contributed by atoms with van der Waals surface area (Å²) in [6.07, 6.45) is 3.11. The standard InChI is InChI=1S/C11H16N4O2S/c16-10(13-7-3-5-18-6-7)9-14-11(17-15-9)8-2-1-4-12-8/h7-8,12H,1-6H2,(H,13,16). The summed E-state index contributed by atoms with van der Waals surface area (Å²) in [6, 6.07) is 0.357. The Balaban J connectivity index is 1.62. The molecule has 1 aromatic heterocycles. The van der Waals surface area contributed by atoms with Crippen LogP contribution in [0.15, 0.2) is 4.52 Å². The van der Waals surface area contributed by atoms with E-state index in [0.717, 1.165) is 37.3 Å². The lowest BCUT2D eigenvalue weighted by molar-refractivity contribution is 0.0927. The van der Waals surface area contributed by atoms with Crippen LogP contribution in [0.5, 0.6) is 0 Å². The van der Waals surface area contributed by atoms with Crippen LogP contribution in [0, 0.1) is 0 Å². The maximum atomic E-state index is 11.9. The molecule has 6 nitrogen and oxygen atoms in total. The molecule has 2 saturated heterocycles. The number of rotatable bonds is 3. The molecule has 18 heavy (non-hydrogen) atoms. The first kappa shape index (κ1) is 12.0. The second-order valence-corrected chi connectivity index (χ2v) is 5.79. The summed E-state index contributed by atoms with van der Waals surface area (Å²) in [5.41, 5.74) is 0. The van der Waals surface area contributed by atoms with E-state index >= 15 is 0 Å². The Morgan fingerprint density at radius 1 is 1.50 bits per heavy atom. The Hall–Kier alpha value is -1.08. The molecule has 7 heteroatoms. The Kier molecular flexibility index (Phi) is 3.51. The molecule has 0 aliphatic carbocycles. The van der Waals surface area contributed by atoms with Crippen molar-refractivity contribution < 1.29 is 9.32 Å². The van der Waals surface area contributed by atoms with Crippen molar-refractivity contribution in [2.45, 2.75) is 31.3 Å². The third kappa shape index (κ3) is 2.51. The van der Waals surface area contributed by atoms with Gasteiger partial charge in [0.15, 0.2) is 0 Å². The summed E-state index contributed by atoms with van der Waals surface area (Å²) in [7, 11) is 0. The van der Waals surface area contributed by atoms with Crippen LogP contribution >= 0.6 is 11.8 Å². The van der Waals surface area contributed by atoms with Crippen molar-refractivity contribution in [2.75, 3.05) is 18.1 Å². The zero-order chi connectivity index (χ0) is 12.4. The van der Waals surface area contributed by atoms with Crippen molar-refractivity contribution in [1.82, 2.24) is 20.8 Å². The zero-order valence-corrected chi connectivity index (χ0v) is 10.8. The van der Waals surface area contributed by atoms with Crippen molar-refractivity contribution in [2.24, 2.45) is 0 Å². The Bertz CT molecular complexity index is 424. The van der Waals surface area contributed by atoms with Gasteiger partial charge in [-0.15, -0.1) is 0 Å². The normalized spacial score (nSPS) is 27.6. The van der Waals surface area contributed by atoms with E-state index in [4.69, 9.17) is 4.52 Å². The highest BCUT2D eigenvalue weighted by atomic mass is 32.2. The summed E-state index contributed by atoms with van der Waals surface area (Å²) in [6.45, 7) is 0.966. The number of aromatic nitrogens is 2. The van der Waals surface area contributed by atoms with E-state index in [1.54, 1.807) is 0 Å². The van der Waals surface area contributed by atoms with Gasteiger partial charge in [0.2, 0.25) is 5.89 Å². The van der Waals surface area contributed by atoms with Gasteiger partial charge in [-0.3, -0.25) is 4.79 Å². The van der Waals surface area contributed by atoms with Crippen LogP contribution in [0.1, 0.15) is 41.8 Å². The highest BCUT2D eigenvalue weighted by Crippen LogP contribution is 2.21. The Morgan fingerprint density at radius 3 is 3.17 bits per heavy atom. The molecule has 2 fully saturated rings. The van der Waals surface area contributed by atoms with Gasteiger partial charge in [0, 0.05) is 11.8 Å². The van der Waals surface area contributed by atoms with E-state index in [0.29, 0.717) is 5.89 Å². The van der Waals surface area contributed by atoms with Gasteiger partial charge < -0.3 is 15.2 Å². The Labute approximate surface area is 109 Å². The third-order valence-electron chi connectivity index (χ3n) is 3.27. The quantitative estimate of drug-likeness (QED) is 0.841. The first-order chi connectivity index (χ1) is 8.83. The smallest absolute Gasteiger partial charge is 0.292 e. The first-order valence-electron chi connectivity index (χ1n) is 6.28. The highest BCUT2D eigenvalue weighted by Gasteiger charge is 2.25. The largest absolute Gasteiger partial charge is 0.346 e. The van der Waals surface area contributed by atoms with Crippen molar-refractivity contribution >= 4 is 17.7 Å². The van der Waals surface area contributed by atoms with E-state index < -0.39 is 0 Å². The van der Waals surface area contributed by atoms with Gasteiger partial charge in [-0.2, -0.15) is 16.7 Å². The number of nitrogens with one attached hydrogen (secondary N) is 2. The maximum absolute atomic E-state index is 11.9. The summed E-state index contributed by atoms with van der Waals surface area (Å²) in [5, 5.41) is 9.96. The lowest BCUT2D eigenvalue weighted by atomic mass is 10.2. The molecule has 2 aliphatic rings. The molecule has 2 aliphatic heterocycles. The monoisotopic (exact) mass is 268 g/mol. The van der Waals surface area contributed by atoms with E-state index in [-0.39, 0.29) is 23.8 Å². The molecule has 0 spiro atoms. The molecule has 0 saturated carbocycles. The number of hydrogen-bond acceptors (Lipinski definition) is 6. The van der Waals surface area contributed by atoms with Crippen LogP contribution in [-0.4, -0.2) is 40.1 Å². The summed E-state index contributed by atoms with van der Waals surface area (Å²) in [4.78, 5) is 16.1. The highest BCUT2D eigenvalue weighted by molar-refractivity contribution is 7.99. The minimum absolute atomic E-state index is 0.112. The van der Waals surface area contributed by atoms with Crippen molar-refractivity contribution in [3.05, 3.63) is 11.7 Å². The van der Waals surface area contributed by atoms with Crippen LogP contribution in [0.2, 0.25) is 0 Å². The molecular formula is C11H16N4O2S. The van der Waals surface area contributed by atoms with Crippen LogP contribution in [-0.2, 0) is 0 Å². The van der Waals surface area contributed by atoms with E-state index in [1.807, 2.05) is 11.8 Å². The second kappa shape index (κ2) is 5.27. The van der Waals surface area contributed by atoms with E-state index in [1.165, 1.54) is 0 Å². The summed E-state index contributed by atoms with van der Waals surface area (Å²) in [5.74, 6) is 2.53. The van der Waals surface area contributed by atoms with Gasteiger partial charge in [0.25, 0.3) is 11.7 Å². The van der Waals surface area contributed by atoms with E-state index in [2.05, 4.69) is 20.8 Å². The SMILES string of the molecule is O=C(NC1CCSC1)c1noc(C2CCCN2)n1. The molecule has 0 radical (unpaired) electrons. The average Bonchev–Trinajstić information content (AvgIpc) is 3.11. The molecular weight excluding hydrogens is 252 g/mol. The predicted molar refractivity (Wildman–Crippen MR) is 67.5 cm³/mol. The van der Waals surface area contributed by atoms with Gasteiger partial charge in [-0.25, -0.2) is 0 Å². The van der Waals surface area contributed by atoms with Gasteiger partial charge in [0.05, 0.1) is 6.04 Å². The molecule has 98 valence electrons. The Morgan fingerprint density at radius 2 is 2.44 bits per heavy atom. The molecule has 2 atom stereocenters. The summed E-state index contributed by atoms with van der Waals surface area (Å²) < 4.78 is 5.14. The van der Waals surface area contributed by atoms with Crippen molar-refractivity contribution in [3.63, 3.8) is 0 Å². The van der Waals surface area contributed by atoms with Crippen LogP contribution in [0.25, 0.3) is 0 Å². The first-order valence-corrected chi connectivity index (χ1v) is 7.44. The minimum atomic E-state index is -0.226. The van der Waals surface area contributed by atoms with Gasteiger partial charge in [0.1, 0.15) is 0 Å². The van der Waals surface area contributed by atoms with Crippen molar-refractivity contribution in [1.29, 1.82) is 0 Å². The van der Waals surface area contributed by atoms with Crippen LogP contribution in [0.3, 0.4) is 0 Å². The lowest BCUT2D eigenvalue weighted by Gasteiger charge is -2.08. The molecule has 2 N–H and O–H groups in total. The van der Waals surface area contributed by atoms with E-state index in [9.17, 15) is 4.79 Å². The molecule has 1 amide bonds. The number of nitrogens with zero attached hydrogens (tertiary/aromatic N) is 2. The number of thioether (sulfide) groups is 1. The van der Waals surface area contributed by atoms with Gasteiger partial charge in [-0.05, 0) is 31.6 Å². The number of amides is 1. The van der Waals surface area contributed by atoms with Gasteiger partial charge >= 0.3 is 0 Å². The lowest BCUT2D eigenvalue weighted by Crippen LogP contribution is -2.35. The zero-order valence-electron chi connectivity index (χ0n) is 10.0. The predicted octanol–water partition coefficient (Wildman–Crippen LogP) is 0.729. The number of hydrogen-bond donors (Lipinski definition) is 2. The fourth-order valence-corrected chi connectivity index (χ4v) is 3.41. The molecule has 0 aromatic carbocycles. The fourth-order valence-electron chi connectivity index (χ4n) is 2.26. The topological polar surface area (TPSA) is 80.0 Å². The second-order valence-electron chi connectivity index (χ2n) is 4.64. The van der Waals surface area contributed by atoms with Crippen LogP contribution in [0.4, 0.5) is 0 Å². The molecule has 3 heterocycles. The molecule has 0 bridgehead atoms. The molecule has 2 unspecified atom stereocenters. The molecule has 3 rings (SSSR count). The average molecular weight is 268 g/mol. The van der Waals surface area contributed by atoms with Crippen molar-refractivity contribution in [3.8, 4) is 0 Å². The molecule has 1 aromatic rings. The summed E-state index contributed by atoms with van der Waals surface area (Å²) >= 11 is 1.86. The van der Waals surface area contributed by atoms with Crippen LogP contribution < -0.4 is 10.6 Å². The third-order valence-corrected chi connectivity index (χ3v) is 4.43. The fraction of sp³-hybridized carbons (Fsp3) is 0.727.